The number of carbonyl (C=O) groups excluding carboxylic acids is 1. The predicted molar refractivity (Wildman–Crippen MR) is 107 cm³/mol. The number of carbonyl (C=O) groups is 1. The van der Waals surface area contributed by atoms with Gasteiger partial charge in [-0.25, -0.2) is 4.79 Å². The smallest absolute Gasteiger partial charge is 0.338 e. The molecular weight excluding hydrogens is 320 g/mol. The summed E-state index contributed by atoms with van der Waals surface area (Å²) in [4.78, 5) is 12.6. The Balaban J connectivity index is 1.80. The van der Waals surface area contributed by atoms with E-state index in [4.69, 9.17) is 4.74 Å². The molecule has 2 saturated carbocycles. The van der Waals surface area contributed by atoms with E-state index in [9.17, 15) is 4.79 Å². The zero-order chi connectivity index (χ0) is 18.8. The molecule has 2 aliphatic rings. The van der Waals surface area contributed by atoms with Crippen molar-refractivity contribution in [1.82, 2.24) is 0 Å². The van der Waals surface area contributed by atoms with E-state index in [0.717, 1.165) is 12.8 Å². The number of esters is 1. The molecule has 2 fully saturated rings. The van der Waals surface area contributed by atoms with Crippen LogP contribution in [0.3, 0.4) is 0 Å². The maximum atomic E-state index is 12.6. The van der Waals surface area contributed by atoms with Gasteiger partial charge in [0.2, 0.25) is 0 Å². The van der Waals surface area contributed by atoms with E-state index < -0.39 is 0 Å². The van der Waals surface area contributed by atoms with Crippen molar-refractivity contribution in [3.63, 3.8) is 0 Å². The van der Waals surface area contributed by atoms with E-state index in [-0.39, 0.29) is 12.1 Å². The quantitative estimate of drug-likeness (QED) is 0.482. The minimum atomic E-state index is -0.157. The molecule has 1 aromatic rings. The molecule has 2 nitrogen and oxygen atoms in total. The zero-order valence-electron chi connectivity index (χ0n) is 16.9. The molecule has 3 rings (SSSR count). The topological polar surface area (TPSA) is 26.3 Å². The molecule has 0 heterocycles. The maximum absolute atomic E-state index is 12.6. The monoisotopic (exact) mass is 354 g/mol. The van der Waals surface area contributed by atoms with Gasteiger partial charge in [-0.3, -0.25) is 0 Å². The molecule has 2 heteroatoms. The second kappa shape index (κ2) is 7.98. The molecule has 0 unspecified atom stereocenters. The molecule has 0 aliphatic heterocycles. The van der Waals surface area contributed by atoms with E-state index in [1.165, 1.54) is 12.0 Å². The van der Waals surface area contributed by atoms with Gasteiger partial charge >= 0.3 is 5.97 Å². The molecule has 1 aromatic carbocycles. The van der Waals surface area contributed by atoms with Gasteiger partial charge in [-0.05, 0) is 80.8 Å². The number of fused-ring (bicyclic) bond motifs is 1. The lowest BCUT2D eigenvalue weighted by Gasteiger charge is -2.53. The Morgan fingerprint density at radius 3 is 2.42 bits per heavy atom. The SMILES string of the molecule is C/C=C(/C)[C@H]1[C@@H](C)[C@H]2[C@@H](C[C@@H]1C)[C@@H](OC(=O)c1ccccc1)CC[C@@H]2C. The minimum Gasteiger partial charge on any atom is -0.458 e. The van der Waals surface area contributed by atoms with Crippen LogP contribution >= 0.6 is 0 Å². The Hall–Kier alpha value is -1.57. The van der Waals surface area contributed by atoms with Crippen LogP contribution in [0.1, 0.15) is 64.2 Å². The third kappa shape index (κ3) is 3.61. The lowest BCUT2D eigenvalue weighted by Crippen LogP contribution is -2.49. The van der Waals surface area contributed by atoms with E-state index in [0.29, 0.717) is 41.1 Å². The minimum absolute atomic E-state index is 0.0701. The molecule has 0 bridgehead atoms. The summed E-state index contributed by atoms with van der Waals surface area (Å²) in [6.07, 6.45) is 5.70. The van der Waals surface area contributed by atoms with Gasteiger partial charge in [-0.2, -0.15) is 0 Å². The molecule has 0 spiro atoms. The molecular formula is C24H34O2. The first kappa shape index (κ1) is 19.2. The summed E-state index contributed by atoms with van der Waals surface area (Å²) in [6.45, 7) is 11.7. The highest BCUT2D eigenvalue weighted by Crippen LogP contribution is 2.53. The number of hydrogen-bond donors (Lipinski definition) is 0. The summed E-state index contributed by atoms with van der Waals surface area (Å²) >= 11 is 0. The van der Waals surface area contributed by atoms with Crippen molar-refractivity contribution in [1.29, 1.82) is 0 Å². The second-order valence-electron chi connectivity index (χ2n) is 8.74. The lowest BCUT2D eigenvalue weighted by molar-refractivity contribution is -0.0789. The first-order valence-corrected chi connectivity index (χ1v) is 10.3. The van der Waals surface area contributed by atoms with Crippen molar-refractivity contribution >= 4 is 5.97 Å². The highest BCUT2D eigenvalue weighted by molar-refractivity contribution is 5.89. The molecule has 0 saturated heterocycles. The van der Waals surface area contributed by atoms with Crippen LogP contribution in [0.25, 0.3) is 0 Å². The summed E-state index contributed by atoms with van der Waals surface area (Å²) in [5, 5.41) is 0. The Morgan fingerprint density at radius 1 is 1.08 bits per heavy atom. The van der Waals surface area contributed by atoms with Gasteiger partial charge in [-0.15, -0.1) is 0 Å². The maximum Gasteiger partial charge on any atom is 0.338 e. The van der Waals surface area contributed by atoms with Gasteiger partial charge in [0, 0.05) is 0 Å². The molecule has 0 N–H and O–H groups in total. The van der Waals surface area contributed by atoms with Crippen molar-refractivity contribution in [2.75, 3.05) is 0 Å². The third-order valence-corrected chi connectivity index (χ3v) is 7.22. The van der Waals surface area contributed by atoms with Crippen molar-refractivity contribution in [2.24, 2.45) is 35.5 Å². The number of allylic oxidation sites excluding steroid dienone is 2. The van der Waals surface area contributed by atoms with E-state index in [1.807, 2.05) is 30.3 Å². The van der Waals surface area contributed by atoms with Crippen LogP contribution in [0.5, 0.6) is 0 Å². The number of benzene rings is 1. The van der Waals surface area contributed by atoms with Gasteiger partial charge in [-0.1, -0.05) is 50.6 Å². The molecule has 7 atom stereocenters. The summed E-state index contributed by atoms with van der Waals surface area (Å²) in [7, 11) is 0. The molecule has 0 radical (unpaired) electrons. The first-order chi connectivity index (χ1) is 12.4. The van der Waals surface area contributed by atoms with E-state index >= 15 is 0 Å². The van der Waals surface area contributed by atoms with Crippen LogP contribution in [-0.4, -0.2) is 12.1 Å². The fraction of sp³-hybridized carbons (Fsp3) is 0.625. The van der Waals surface area contributed by atoms with Crippen LogP contribution in [0.2, 0.25) is 0 Å². The standard InChI is InChI=1S/C24H34O2/c1-6-15(2)22-17(4)14-20-21(13-12-16(3)23(20)18(22)5)26-24(25)19-10-8-7-9-11-19/h6-11,16-18,20-23H,12-14H2,1-5H3/b15-6-/t16-,17-,18+,20-,21-,22+,23-/m0/s1. The molecule has 2 aliphatic carbocycles. The number of ether oxygens (including phenoxy) is 1. The van der Waals surface area contributed by atoms with Gasteiger partial charge in [0.05, 0.1) is 5.56 Å². The normalized spacial score (nSPS) is 37.7. The Morgan fingerprint density at radius 2 is 1.77 bits per heavy atom. The van der Waals surface area contributed by atoms with Crippen molar-refractivity contribution in [3.8, 4) is 0 Å². The molecule has 0 amide bonds. The Bertz CT molecular complexity index is 647. The lowest BCUT2D eigenvalue weighted by atomic mass is 9.54. The fourth-order valence-corrected chi connectivity index (χ4v) is 6.04. The largest absolute Gasteiger partial charge is 0.458 e. The molecule has 26 heavy (non-hydrogen) atoms. The summed E-state index contributed by atoms with van der Waals surface area (Å²) in [5.41, 5.74) is 2.20. The predicted octanol–water partition coefficient (Wildman–Crippen LogP) is 6.13. The van der Waals surface area contributed by atoms with Gasteiger partial charge in [0.25, 0.3) is 0 Å². The summed E-state index contributed by atoms with van der Waals surface area (Å²) < 4.78 is 6.06. The third-order valence-electron chi connectivity index (χ3n) is 7.22. The first-order valence-electron chi connectivity index (χ1n) is 10.3. The zero-order valence-corrected chi connectivity index (χ0v) is 16.9. The van der Waals surface area contributed by atoms with Crippen molar-refractivity contribution < 1.29 is 9.53 Å². The van der Waals surface area contributed by atoms with Crippen LogP contribution < -0.4 is 0 Å². The van der Waals surface area contributed by atoms with E-state index in [2.05, 4.69) is 40.7 Å². The van der Waals surface area contributed by atoms with Crippen LogP contribution in [-0.2, 0) is 4.74 Å². The highest BCUT2D eigenvalue weighted by Gasteiger charge is 2.49. The number of rotatable bonds is 3. The van der Waals surface area contributed by atoms with Crippen LogP contribution in [0.15, 0.2) is 42.0 Å². The summed E-state index contributed by atoms with van der Waals surface area (Å²) in [5.74, 6) is 3.65. The van der Waals surface area contributed by atoms with Crippen molar-refractivity contribution in [2.45, 2.75) is 60.0 Å². The fourth-order valence-electron chi connectivity index (χ4n) is 6.04. The van der Waals surface area contributed by atoms with Crippen molar-refractivity contribution in [3.05, 3.63) is 47.5 Å². The number of hydrogen-bond acceptors (Lipinski definition) is 2. The average molecular weight is 355 g/mol. The Labute approximate surface area is 159 Å². The van der Waals surface area contributed by atoms with E-state index in [1.54, 1.807) is 0 Å². The van der Waals surface area contributed by atoms with Gasteiger partial charge < -0.3 is 4.74 Å². The molecule has 0 aromatic heterocycles. The van der Waals surface area contributed by atoms with Crippen LogP contribution in [0, 0.1) is 35.5 Å². The van der Waals surface area contributed by atoms with Crippen LogP contribution in [0.4, 0.5) is 0 Å². The molecule has 142 valence electrons. The van der Waals surface area contributed by atoms with Gasteiger partial charge in [0.1, 0.15) is 6.10 Å². The average Bonchev–Trinajstić information content (AvgIpc) is 2.64. The Kier molecular flexibility index (Phi) is 5.89. The highest BCUT2D eigenvalue weighted by atomic mass is 16.5. The van der Waals surface area contributed by atoms with Gasteiger partial charge in [0.15, 0.2) is 0 Å². The summed E-state index contributed by atoms with van der Waals surface area (Å²) in [6, 6.07) is 9.43. The second-order valence-corrected chi connectivity index (χ2v) is 8.74.